The third kappa shape index (κ3) is 4.39. The van der Waals surface area contributed by atoms with Gasteiger partial charge in [0.25, 0.3) is 0 Å². The van der Waals surface area contributed by atoms with E-state index in [0.29, 0.717) is 6.42 Å². The van der Waals surface area contributed by atoms with Gasteiger partial charge in [-0.2, -0.15) is 0 Å². The van der Waals surface area contributed by atoms with Crippen molar-refractivity contribution in [3.63, 3.8) is 0 Å². The summed E-state index contributed by atoms with van der Waals surface area (Å²) in [4.78, 5) is 38.5. The van der Waals surface area contributed by atoms with Gasteiger partial charge in [-0.1, -0.05) is 69.3 Å². The Kier molecular flexibility index (Phi) is 6.64. The maximum absolute atomic E-state index is 12.7. The molecule has 7 heteroatoms. The van der Waals surface area contributed by atoms with Gasteiger partial charge in [-0.15, -0.1) is 0 Å². The molecule has 0 aromatic heterocycles. The minimum Gasteiger partial charge on any atom is -0.481 e. The molecule has 1 fully saturated rings. The van der Waals surface area contributed by atoms with Crippen LogP contribution in [0, 0.1) is 11.3 Å². The molecular weight excluding hydrogens is 432 g/mol. The molecular formula is C27H32N2O5. The van der Waals surface area contributed by atoms with Gasteiger partial charge < -0.3 is 20.1 Å². The number of nitrogens with one attached hydrogen (secondary N) is 1. The molecule has 1 aliphatic carbocycles. The van der Waals surface area contributed by atoms with E-state index < -0.39 is 23.5 Å². The number of amides is 2. The number of alkyl carbamates (subject to hydrolysis) is 1. The zero-order valence-electron chi connectivity index (χ0n) is 19.9. The normalized spacial score (nSPS) is 16.9. The van der Waals surface area contributed by atoms with Crippen LogP contribution in [0.2, 0.25) is 0 Å². The number of likely N-dealkylation sites (tertiary alicyclic amines) is 1. The van der Waals surface area contributed by atoms with Crippen LogP contribution in [0.15, 0.2) is 48.5 Å². The van der Waals surface area contributed by atoms with Crippen LogP contribution in [-0.2, 0) is 14.3 Å². The summed E-state index contributed by atoms with van der Waals surface area (Å²) in [6, 6.07) is 15.9. The minimum atomic E-state index is -0.865. The highest BCUT2D eigenvalue weighted by Gasteiger charge is 2.50. The Morgan fingerprint density at radius 3 is 2.12 bits per heavy atom. The van der Waals surface area contributed by atoms with Gasteiger partial charge in [-0.3, -0.25) is 9.59 Å². The standard InChI is InChI=1S/C27H32N2O5/c1-4-27(25(31)32)15-29(16-27)24(30)13-23(17(2)3)28-26(33)34-14-22-20-11-7-5-9-18(20)19-10-6-8-12-21(19)22/h5-12,17,22-23H,4,13-16H2,1-3H3,(H,28,33)(H,31,32). The van der Waals surface area contributed by atoms with Crippen LogP contribution in [0.4, 0.5) is 4.79 Å². The highest BCUT2D eigenvalue weighted by atomic mass is 16.5. The number of carboxylic acid groups (broad SMARTS) is 1. The molecule has 2 aromatic rings. The predicted octanol–water partition coefficient (Wildman–Crippen LogP) is 4.26. The Labute approximate surface area is 200 Å². The van der Waals surface area contributed by atoms with Gasteiger partial charge in [-0.25, -0.2) is 4.79 Å². The highest BCUT2D eigenvalue weighted by Crippen LogP contribution is 2.44. The molecule has 0 bridgehead atoms. The number of carboxylic acids is 1. The Bertz CT molecular complexity index is 1040. The Balaban J connectivity index is 1.35. The summed E-state index contributed by atoms with van der Waals surface area (Å²) in [6.45, 7) is 6.34. The lowest BCUT2D eigenvalue weighted by Gasteiger charge is -2.47. The maximum Gasteiger partial charge on any atom is 0.407 e. The van der Waals surface area contributed by atoms with Gasteiger partial charge in [0.05, 0.1) is 0 Å². The van der Waals surface area contributed by atoms with Crippen molar-refractivity contribution in [2.45, 2.75) is 45.6 Å². The Morgan fingerprint density at radius 2 is 1.62 bits per heavy atom. The maximum atomic E-state index is 12.7. The number of rotatable bonds is 8. The van der Waals surface area contributed by atoms with Gasteiger partial charge in [0.2, 0.25) is 5.91 Å². The average molecular weight is 465 g/mol. The topological polar surface area (TPSA) is 95.9 Å². The molecule has 34 heavy (non-hydrogen) atoms. The van der Waals surface area contributed by atoms with Crippen molar-refractivity contribution in [3.05, 3.63) is 59.7 Å². The van der Waals surface area contributed by atoms with Crippen molar-refractivity contribution in [3.8, 4) is 11.1 Å². The monoisotopic (exact) mass is 464 g/mol. The van der Waals surface area contributed by atoms with Gasteiger partial charge >= 0.3 is 12.1 Å². The van der Waals surface area contributed by atoms with Crippen molar-refractivity contribution < 1.29 is 24.2 Å². The molecule has 7 nitrogen and oxygen atoms in total. The van der Waals surface area contributed by atoms with Gasteiger partial charge in [0.1, 0.15) is 12.0 Å². The first-order valence-corrected chi connectivity index (χ1v) is 11.9. The second-order valence-corrected chi connectivity index (χ2v) is 9.71. The van der Waals surface area contributed by atoms with Crippen LogP contribution in [0.25, 0.3) is 11.1 Å². The molecule has 1 unspecified atom stereocenters. The van der Waals surface area contributed by atoms with Crippen molar-refractivity contribution in [2.24, 2.45) is 11.3 Å². The molecule has 1 heterocycles. The predicted molar refractivity (Wildman–Crippen MR) is 128 cm³/mol. The van der Waals surface area contributed by atoms with Crippen LogP contribution in [0.3, 0.4) is 0 Å². The summed E-state index contributed by atoms with van der Waals surface area (Å²) < 4.78 is 5.63. The number of hydrogen-bond acceptors (Lipinski definition) is 4. The molecule has 0 saturated carbocycles. The number of aliphatic carboxylic acids is 1. The van der Waals surface area contributed by atoms with E-state index in [1.807, 2.05) is 45.0 Å². The molecule has 1 atom stereocenters. The third-order valence-corrected chi connectivity index (χ3v) is 7.32. The lowest BCUT2D eigenvalue weighted by molar-refractivity contribution is -0.166. The fraction of sp³-hybridized carbons (Fsp3) is 0.444. The summed E-state index contributed by atoms with van der Waals surface area (Å²) in [6.07, 6.45) is 0.0457. The molecule has 4 rings (SSSR count). The molecule has 2 aromatic carbocycles. The summed E-state index contributed by atoms with van der Waals surface area (Å²) >= 11 is 0. The second kappa shape index (κ2) is 9.49. The lowest BCUT2D eigenvalue weighted by Crippen LogP contribution is -2.62. The SMILES string of the molecule is CCC1(C(=O)O)CN(C(=O)CC(NC(=O)OCC2c3ccccc3-c3ccccc32)C(C)C)C1. The fourth-order valence-corrected chi connectivity index (χ4v) is 4.93. The first-order chi connectivity index (χ1) is 16.3. The van der Waals surface area contributed by atoms with E-state index >= 15 is 0 Å². The molecule has 0 radical (unpaired) electrons. The van der Waals surface area contributed by atoms with Crippen LogP contribution in [0.5, 0.6) is 0 Å². The van der Waals surface area contributed by atoms with Crippen molar-refractivity contribution in [2.75, 3.05) is 19.7 Å². The second-order valence-electron chi connectivity index (χ2n) is 9.71. The van der Waals surface area contributed by atoms with Gasteiger partial charge in [0, 0.05) is 31.5 Å². The summed E-state index contributed by atoms with van der Waals surface area (Å²) in [7, 11) is 0. The summed E-state index contributed by atoms with van der Waals surface area (Å²) in [5.41, 5.74) is 3.77. The lowest BCUT2D eigenvalue weighted by atomic mass is 9.77. The first-order valence-electron chi connectivity index (χ1n) is 11.9. The van der Waals surface area contributed by atoms with Crippen molar-refractivity contribution in [1.29, 1.82) is 0 Å². The van der Waals surface area contributed by atoms with Crippen LogP contribution < -0.4 is 5.32 Å². The van der Waals surface area contributed by atoms with E-state index in [0.717, 1.165) is 22.3 Å². The van der Waals surface area contributed by atoms with Gasteiger partial charge in [-0.05, 0) is 34.6 Å². The third-order valence-electron chi connectivity index (χ3n) is 7.32. The number of ether oxygens (including phenoxy) is 1. The molecule has 2 amide bonds. The van der Waals surface area contributed by atoms with E-state index in [1.54, 1.807) is 4.90 Å². The van der Waals surface area contributed by atoms with E-state index in [2.05, 4.69) is 29.6 Å². The number of benzene rings is 2. The van der Waals surface area contributed by atoms with E-state index in [1.165, 1.54) is 0 Å². The van der Waals surface area contributed by atoms with Crippen molar-refractivity contribution >= 4 is 18.0 Å². The molecule has 0 spiro atoms. The summed E-state index contributed by atoms with van der Waals surface area (Å²) in [5.74, 6) is -1.03. The Hall–Kier alpha value is -3.35. The van der Waals surface area contributed by atoms with Gasteiger partial charge in [0.15, 0.2) is 0 Å². The Morgan fingerprint density at radius 1 is 1.06 bits per heavy atom. The number of fused-ring (bicyclic) bond motifs is 3. The molecule has 2 N–H and O–H groups in total. The molecule has 180 valence electrons. The number of carbonyl (C=O) groups is 3. The largest absolute Gasteiger partial charge is 0.481 e. The van der Waals surface area contributed by atoms with Crippen molar-refractivity contribution in [1.82, 2.24) is 10.2 Å². The van der Waals surface area contributed by atoms with E-state index in [4.69, 9.17) is 4.74 Å². The van der Waals surface area contributed by atoms with Crippen LogP contribution in [0.1, 0.15) is 50.7 Å². The zero-order chi connectivity index (χ0) is 24.5. The van der Waals surface area contributed by atoms with E-state index in [-0.39, 0.29) is 43.9 Å². The zero-order valence-corrected chi connectivity index (χ0v) is 19.9. The smallest absolute Gasteiger partial charge is 0.407 e. The number of nitrogens with zero attached hydrogens (tertiary/aromatic N) is 1. The quantitative estimate of drug-likeness (QED) is 0.609. The molecule has 1 saturated heterocycles. The highest BCUT2D eigenvalue weighted by molar-refractivity contribution is 5.84. The van der Waals surface area contributed by atoms with E-state index in [9.17, 15) is 19.5 Å². The number of hydrogen-bond donors (Lipinski definition) is 2. The minimum absolute atomic E-state index is 0.0149. The first kappa shape index (κ1) is 23.8. The number of carbonyl (C=O) groups excluding carboxylic acids is 2. The van der Waals surface area contributed by atoms with Crippen LogP contribution in [-0.4, -0.2) is 53.7 Å². The molecule has 1 aliphatic heterocycles. The fourth-order valence-electron chi connectivity index (χ4n) is 4.93. The average Bonchev–Trinajstić information content (AvgIpc) is 3.10. The van der Waals surface area contributed by atoms with Crippen LogP contribution >= 0.6 is 0 Å². The summed E-state index contributed by atoms with van der Waals surface area (Å²) in [5, 5.41) is 12.3. The molecule has 2 aliphatic rings.